The zero-order valence-electron chi connectivity index (χ0n) is 24.8. The molecule has 0 amide bonds. The van der Waals surface area contributed by atoms with Gasteiger partial charge in [-0.15, -0.1) is 22.8 Å². The van der Waals surface area contributed by atoms with Gasteiger partial charge in [-0.2, -0.15) is 11.1 Å². The summed E-state index contributed by atoms with van der Waals surface area (Å²) in [5.41, 5.74) is 15.7. The van der Waals surface area contributed by atoms with Gasteiger partial charge in [-0.3, -0.25) is 0 Å². The van der Waals surface area contributed by atoms with E-state index in [-0.39, 0.29) is 73.2 Å². The van der Waals surface area contributed by atoms with Crippen molar-refractivity contribution in [1.82, 2.24) is 0 Å². The molecule has 0 saturated carbocycles. The van der Waals surface area contributed by atoms with Crippen molar-refractivity contribution in [3.63, 3.8) is 0 Å². The molecular formula is C34H43Cl2Zr. The van der Waals surface area contributed by atoms with Gasteiger partial charge >= 0.3 is 26.2 Å². The molecule has 2 aromatic rings. The summed E-state index contributed by atoms with van der Waals surface area (Å²) in [5.74, 6) is 0.244. The Morgan fingerprint density at radius 3 is 1.41 bits per heavy atom. The van der Waals surface area contributed by atoms with E-state index in [4.69, 9.17) is 0 Å². The summed E-state index contributed by atoms with van der Waals surface area (Å²) >= 11 is 0. The second kappa shape index (κ2) is 11.3. The molecule has 0 unspecified atom stereocenters. The SMILES string of the molecule is CC1=[C-]C(=C(C)C)C(C(C)(C)C)=C1C1c2cc(C(C)(C)C)ccc2-c2ccc(C(C)(C)C)cc21.[Cl-].[Cl-].[Zr+3]. The van der Waals surface area contributed by atoms with Crippen molar-refractivity contribution in [3.8, 4) is 11.1 Å². The molecule has 0 heterocycles. The largest absolute Gasteiger partial charge is 3.00 e. The Morgan fingerprint density at radius 1 is 0.676 bits per heavy atom. The molecule has 1 radical (unpaired) electrons. The molecule has 37 heavy (non-hydrogen) atoms. The summed E-state index contributed by atoms with van der Waals surface area (Å²) in [6.07, 6.45) is 3.81. The van der Waals surface area contributed by atoms with Crippen molar-refractivity contribution in [1.29, 1.82) is 0 Å². The molecule has 4 rings (SSSR count). The van der Waals surface area contributed by atoms with Gasteiger partial charge in [-0.05, 0) is 50.1 Å². The molecule has 0 fully saturated rings. The Balaban J connectivity index is 0.00000228. The number of fused-ring (bicyclic) bond motifs is 3. The molecular weight excluding hydrogens is 571 g/mol. The summed E-state index contributed by atoms with van der Waals surface area (Å²) < 4.78 is 0. The van der Waals surface area contributed by atoms with Gasteiger partial charge in [0.15, 0.2) is 0 Å². The number of allylic oxidation sites excluding steroid dienone is 6. The second-order valence-electron chi connectivity index (χ2n) is 13.7. The van der Waals surface area contributed by atoms with Gasteiger partial charge in [-0.25, -0.2) is 0 Å². The molecule has 2 aliphatic carbocycles. The Kier molecular flexibility index (Phi) is 10.4. The van der Waals surface area contributed by atoms with Crippen molar-refractivity contribution in [2.75, 3.05) is 0 Å². The summed E-state index contributed by atoms with van der Waals surface area (Å²) in [5, 5.41) is 0. The number of hydrogen-bond donors (Lipinski definition) is 0. The average Bonchev–Trinajstić information content (AvgIpc) is 3.20. The van der Waals surface area contributed by atoms with Crippen LogP contribution in [0.15, 0.2) is 64.3 Å². The third-order valence-electron chi connectivity index (χ3n) is 7.52. The summed E-state index contributed by atoms with van der Waals surface area (Å²) in [6.45, 7) is 27.7. The van der Waals surface area contributed by atoms with Gasteiger partial charge in [0.05, 0.1) is 0 Å². The van der Waals surface area contributed by atoms with Crippen LogP contribution in [-0.2, 0) is 37.0 Å². The molecule has 0 N–H and O–H groups in total. The first-order valence-electron chi connectivity index (χ1n) is 12.8. The predicted molar refractivity (Wildman–Crippen MR) is 148 cm³/mol. The first-order valence-corrected chi connectivity index (χ1v) is 12.8. The Labute approximate surface area is 258 Å². The second-order valence-corrected chi connectivity index (χ2v) is 13.7. The van der Waals surface area contributed by atoms with Crippen LogP contribution in [-0.4, -0.2) is 0 Å². The Morgan fingerprint density at radius 2 is 1.08 bits per heavy atom. The van der Waals surface area contributed by atoms with Crippen LogP contribution in [0, 0.1) is 11.5 Å². The fourth-order valence-corrected chi connectivity index (χ4v) is 5.66. The van der Waals surface area contributed by atoms with Crippen molar-refractivity contribution in [2.24, 2.45) is 5.41 Å². The number of rotatable bonds is 1. The average molecular weight is 614 g/mol. The first-order chi connectivity index (χ1) is 15.5. The zero-order chi connectivity index (χ0) is 25.4. The maximum atomic E-state index is 3.81. The van der Waals surface area contributed by atoms with E-state index < -0.39 is 0 Å². The van der Waals surface area contributed by atoms with E-state index in [0.717, 1.165) is 0 Å². The smallest absolute Gasteiger partial charge is 1.00 e. The van der Waals surface area contributed by atoms with Gasteiger partial charge < -0.3 is 24.8 Å². The molecule has 3 heteroatoms. The molecule has 0 atom stereocenters. The minimum Gasteiger partial charge on any atom is -1.00 e. The summed E-state index contributed by atoms with van der Waals surface area (Å²) in [7, 11) is 0. The van der Waals surface area contributed by atoms with Gasteiger partial charge in [0.1, 0.15) is 0 Å². The number of halogens is 2. The number of hydrogen-bond acceptors (Lipinski definition) is 0. The van der Waals surface area contributed by atoms with Crippen LogP contribution >= 0.6 is 0 Å². The number of benzene rings is 2. The van der Waals surface area contributed by atoms with Gasteiger partial charge in [-0.1, -0.05) is 125 Å². The third-order valence-corrected chi connectivity index (χ3v) is 7.52. The van der Waals surface area contributed by atoms with Crippen LogP contribution in [0.2, 0.25) is 0 Å². The molecule has 2 aromatic carbocycles. The van der Waals surface area contributed by atoms with E-state index in [9.17, 15) is 0 Å². The van der Waals surface area contributed by atoms with E-state index in [2.05, 4.69) is 126 Å². The summed E-state index contributed by atoms with van der Waals surface area (Å²) in [4.78, 5) is 0. The van der Waals surface area contributed by atoms with Crippen LogP contribution < -0.4 is 24.8 Å². The predicted octanol–water partition coefficient (Wildman–Crippen LogP) is 3.84. The van der Waals surface area contributed by atoms with Gasteiger partial charge in [0.25, 0.3) is 0 Å². The minimum absolute atomic E-state index is 0. The quantitative estimate of drug-likeness (QED) is 0.429. The Bertz CT molecular complexity index is 1200. The molecule has 0 bridgehead atoms. The minimum atomic E-state index is 0. The van der Waals surface area contributed by atoms with Crippen LogP contribution in [0.5, 0.6) is 0 Å². The van der Waals surface area contributed by atoms with Gasteiger partial charge in [0.2, 0.25) is 0 Å². The van der Waals surface area contributed by atoms with Crippen LogP contribution in [0.3, 0.4) is 0 Å². The molecule has 0 aliphatic heterocycles. The van der Waals surface area contributed by atoms with Crippen LogP contribution in [0.25, 0.3) is 11.1 Å². The molecule has 0 saturated heterocycles. The van der Waals surface area contributed by atoms with E-state index in [1.165, 1.54) is 61.2 Å². The molecule has 0 nitrogen and oxygen atoms in total. The molecule has 197 valence electrons. The third kappa shape index (κ3) is 6.16. The monoisotopic (exact) mass is 611 g/mol. The molecule has 2 aliphatic rings. The van der Waals surface area contributed by atoms with Crippen molar-refractivity contribution >= 4 is 0 Å². The normalized spacial score (nSPS) is 15.4. The molecule has 0 aromatic heterocycles. The molecule has 0 spiro atoms. The fraction of sp³-hybridized carbons (Fsp3) is 0.471. The maximum absolute atomic E-state index is 3.81. The topological polar surface area (TPSA) is 0 Å². The van der Waals surface area contributed by atoms with E-state index in [1.54, 1.807) is 0 Å². The van der Waals surface area contributed by atoms with Crippen molar-refractivity contribution in [3.05, 3.63) is 92.6 Å². The van der Waals surface area contributed by atoms with Gasteiger partial charge in [0, 0.05) is 0 Å². The van der Waals surface area contributed by atoms with E-state index in [0.29, 0.717) is 0 Å². The zero-order valence-corrected chi connectivity index (χ0v) is 28.8. The van der Waals surface area contributed by atoms with Crippen LogP contribution in [0.4, 0.5) is 0 Å². The van der Waals surface area contributed by atoms with E-state index >= 15 is 0 Å². The Hall–Kier alpha value is -0.877. The van der Waals surface area contributed by atoms with E-state index in [1.807, 2.05) is 0 Å². The van der Waals surface area contributed by atoms with Crippen molar-refractivity contribution in [2.45, 2.75) is 99.8 Å². The van der Waals surface area contributed by atoms with Crippen molar-refractivity contribution < 1.29 is 51.0 Å². The summed E-state index contributed by atoms with van der Waals surface area (Å²) in [6, 6.07) is 14.4. The van der Waals surface area contributed by atoms with Crippen LogP contribution in [0.1, 0.15) is 111 Å². The first kappa shape index (κ1) is 34.2. The maximum Gasteiger partial charge on any atom is 3.00 e. The standard InChI is InChI=1S/C34H43.2ClH.Zr/c1-20(2)26-17-21(3)29(31(26)34(10,11)12)30-27-18-22(32(4,5)6)13-15-24(27)25-16-14-23(19-28(25)30)33(7,8)9;;;/h13-16,18-19,30H,1-12H3;2*1H;/q-1;;;+3/p-2. The fourth-order valence-electron chi connectivity index (χ4n) is 5.66.